The molecule has 0 aromatic carbocycles. The number of carbonyl (C=O) groups is 1. The lowest BCUT2D eigenvalue weighted by atomic mass is 10.3. The number of nitrogens with one attached hydrogen (secondary N) is 1. The van der Waals surface area contributed by atoms with E-state index in [0.717, 1.165) is 5.01 Å². The summed E-state index contributed by atoms with van der Waals surface area (Å²) in [7, 11) is 3.75. The first-order valence-corrected chi connectivity index (χ1v) is 7.08. The molecule has 1 amide bonds. The van der Waals surface area contributed by atoms with Gasteiger partial charge in [-0.25, -0.2) is 9.97 Å². The highest BCUT2D eigenvalue weighted by atomic mass is 32.1. The minimum absolute atomic E-state index is 0.236. The average Bonchev–Trinajstić information content (AvgIpc) is 2.88. The van der Waals surface area contributed by atoms with Crippen LogP contribution in [0, 0.1) is 0 Å². The third-order valence-corrected chi connectivity index (χ3v) is 3.51. The number of rotatable bonds is 5. The van der Waals surface area contributed by atoms with E-state index in [2.05, 4.69) is 15.3 Å². The Bertz CT molecular complexity index is 596. The van der Waals surface area contributed by atoms with Crippen LogP contribution in [0.5, 0.6) is 0 Å². The van der Waals surface area contributed by atoms with Crippen LogP contribution in [0.4, 0.5) is 11.5 Å². The van der Waals surface area contributed by atoms with E-state index in [1.54, 1.807) is 17.6 Å². The van der Waals surface area contributed by atoms with E-state index in [1.807, 2.05) is 25.1 Å². The fourth-order valence-corrected chi connectivity index (χ4v) is 2.48. The minimum Gasteiger partial charge on any atom is -0.361 e. The summed E-state index contributed by atoms with van der Waals surface area (Å²) >= 11 is 1.45. The van der Waals surface area contributed by atoms with Gasteiger partial charge in [-0.3, -0.25) is 4.79 Å². The van der Waals surface area contributed by atoms with Crippen LogP contribution in [-0.2, 0) is 6.42 Å². The molecule has 6 nitrogen and oxygen atoms in total. The van der Waals surface area contributed by atoms with Crippen molar-refractivity contribution in [1.82, 2.24) is 9.97 Å². The molecule has 0 radical (unpaired) electrons. The molecule has 7 heteroatoms. The fraction of sp³-hybridized carbons (Fsp3) is 0.308. The van der Waals surface area contributed by atoms with Crippen molar-refractivity contribution in [2.24, 2.45) is 5.73 Å². The first-order chi connectivity index (χ1) is 9.61. The van der Waals surface area contributed by atoms with E-state index in [1.165, 1.54) is 11.3 Å². The average molecular weight is 291 g/mol. The Morgan fingerprint density at radius 1 is 1.50 bits per heavy atom. The van der Waals surface area contributed by atoms with Crippen molar-refractivity contribution in [1.29, 1.82) is 0 Å². The Morgan fingerprint density at radius 3 is 3.00 bits per heavy atom. The molecule has 0 bridgehead atoms. The maximum atomic E-state index is 12.2. The minimum atomic E-state index is -0.236. The van der Waals surface area contributed by atoms with Gasteiger partial charge in [-0.15, -0.1) is 11.3 Å². The van der Waals surface area contributed by atoms with Crippen molar-refractivity contribution >= 4 is 28.7 Å². The zero-order valence-electron chi connectivity index (χ0n) is 11.5. The maximum absolute atomic E-state index is 12.2. The quantitative estimate of drug-likeness (QED) is 0.869. The SMILES string of the molecule is CN(C)c1ncccc1NC(=O)c1csc(CCN)n1. The van der Waals surface area contributed by atoms with Gasteiger partial charge < -0.3 is 16.0 Å². The number of thiazole rings is 1. The van der Waals surface area contributed by atoms with E-state index < -0.39 is 0 Å². The Balaban J connectivity index is 2.15. The van der Waals surface area contributed by atoms with Gasteiger partial charge in [-0.1, -0.05) is 0 Å². The van der Waals surface area contributed by atoms with E-state index in [-0.39, 0.29) is 5.91 Å². The molecule has 2 heterocycles. The molecule has 0 atom stereocenters. The zero-order valence-corrected chi connectivity index (χ0v) is 12.3. The molecule has 0 spiro atoms. The second-order valence-electron chi connectivity index (χ2n) is 4.39. The van der Waals surface area contributed by atoms with Crippen molar-refractivity contribution < 1.29 is 4.79 Å². The van der Waals surface area contributed by atoms with Crippen LogP contribution in [0.15, 0.2) is 23.7 Å². The summed E-state index contributed by atoms with van der Waals surface area (Å²) in [4.78, 5) is 22.5. The van der Waals surface area contributed by atoms with Crippen LogP contribution >= 0.6 is 11.3 Å². The lowest BCUT2D eigenvalue weighted by Gasteiger charge is -2.15. The third kappa shape index (κ3) is 3.31. The van der Waals surface area contributed by atoms with E-state index >= 15 is 0 Å². The van der Waals surface area contributed by atoms with Crippen LogP contribution in [0.3, 0.4) is 0 Å². The predicted octanol–water partition coefficient (Wildman–Crippen LogP) is 1.36. The Labute approximate surface area is 121 Å². The number of hydrogen-bond acceptors (Lipinski definition) is 6. The van der Waals surface area contributed by atoms with Gasteiger partial charge in [0.15, 0.2) is 5.82 Å². The third-order valence-electron chi connectivity index (χ3n) is 2.60. The fourth-order valence-electron chi connectivity index (χ4n) is 1.69. The Morgan fingerprint density at radius 2 is 2.30 bits per heavy atom. The highest BCUT2D eigenvalue weighted by Gasteiger charge is 2.13. The Hall–Kier alpha value is -1.99. The van der Waals surface area contributed by atoms with Crippen molar-refractivity contribution in [3.05, 3.63) is 34.4 Å². The molecule has 0 aliphatic carbocycles. The molecule has 106 valence electrons. The van der Waals surface area contributed by atoms with Gasteiger partial charge in [0.05, 0.1) is 10.7 Å². The predicted molar refractivity (Wildman–Crippen MR) is 81.4 cm³/mol. The van der Waals surface area contributed by atoms with Crippen LogP contribution in [0.2, 0.25) is 0 Å². The molecule has 3 N–H and O–H groups in total. The van der Waals surface area contributed by atoms with E-state index in [9.17, 15) is 4.79 Å². The lowest BCUT2D eigenvalue weighted by Crippen LogP contribution is -2.18. The van der Waals surface area contributed by atoms with Crippen LogP contribution in [0.25, 0.3) is 0 Å². The molecule has 0 aliphatic rings. The number of pyridine rings is 1. The van der Waals surface area contributed by atoms with Crippen LogP contribution in [-0.4, -0.2) is 36.5 Å². The van der Waals surface area contributed by atoms with Gasteiger partial charge in [0.25, 0.3) is 5.91 Å². The molecule has 2 aromatic rings. The van der Waals surface area contributed by atoms with E-state index in [0.29, 0.717) is 30.2 Å². The van der Waals surface area contributed by atoms with Crippen molar-refractivity contribution in [2.45, 2.75) is 6.42 Å². The van der Waals surface area contributed by atoms with Gasteiger partial charge in [0, 0.05) is 32.1 Å². The van der Waals surface area contributed by atoms with Crippen LogP contribution < -0.4 is 16.0 Å². The monoisotopic (exact) mass is 291 g/mol. The number of nitrogens with two attached hydrogens (primary N) is 1. The molecule has 0 aliphatic heterocycles. The highest BCUT2D eigenvalue weighted by Crippen LogP contribution is 2.21. The molecule has 0 fully saturated rings. The largest absolute Gasteiger partial charge is 0.361 e. The molecule has 2 rings (SSSR count). The summed E-state index contributed by atoms with van der Waals surface area (Å²) in [6.45, 7) is 0.530. The lowest BCUT2D eigenvalue weighted by molar-refractivity contribution is 0.102. The summed E-state index contributed by atoms with van der Waals surface area (Å²) in [5.41, 5.74) is 6.55. The first-order valence-electron chi connectivity index (χ1n) is 6.20. The molecular weight excluding hydrogens is 274 g/mol. The molecule has 0 saturated heterocycles. The molecular formula is C13H17N5OS. The maximum Gasteiger partial charge on any atom is 0.275 e. The molecule has 2 aromatic heterocycles. The Kier molecular flexibility index (Phi) is 4.65. The smallest absolute Gasteiger partial charge is 0.275 e. The highest BCUT2D eigenvalue weighted by molar-refractivity contribution is 7.09. The second kappa shape index (κ2) is 6.44. The van der Waals surface area contributed by atoms with Crippen molar-refractivity contribution in [3.63, 3.8) is 0 Å². The standard InChI is InChI=1S/C13H17N5OS/c1-18(2)12-9(4-3-7-15-12)17-13(19)10-8-20-11(16-10)5-6-14/h3-4,7-8H,5-6,14H2,1-2H3,(H,17,19). The van der Waals surface area contributed by atoms with Crippen LogP contribution in [0.1, 0.15) is 15.5 Å². The van der Waals surface area contributed by atoms with Gasteiger partial charge in [-0.05, 0) is 18.7 Å². The van der Waals surface area contributed by atoms with Gasteiger partial charge in [0.2, 0.25) is 0 Å². The molecule has 0 saturated carbocycles. The first kappa shape index (κ1) is 14.4. The molecule has 20 heavy (non-hydrogen) atoms. The summed E-state index contributed by atoms with van der Waals surface area (Å²) in [6, 6.07) is 3.59. The summed E-state index contributed by atoms with van der Waals surface area (Å²) < 4.78 is 0. The molecule has 0 unspecified atom stereocenters. The van der Waals surface area contributed by atoms with Crippen molar-refractivity contribution in [3.8, 4) is 0 Å². The summed E-state index contributed by atoms with van der Waals surface area (Å²) in [5, 5.41) is 5.45. The number of amides is 1. The zero-order chi connectivity index (χ0) is 14.5. The van der Waals surface area contributed by atoms with Gasteiger partial charge in [-0.2, -0.15) is 0 Å². The number of hydrogen-bond donors (Lipinski definition) is 2. The number of carbonyl (C=O) groups excluding carboxylic acids is 1. The van der Waals surface area contributed by atoms with Gasteiger partial charge >= 0.3 is 0 Å². The topological polar surface area (TPSA) is 84.1 Å². The normalized spacial score (nSPS) is 10.3. The summed E-state index contributed by atoms with van der Waals surface area (Å²) in [5.74, 6) is 0.471. The summed E-state index contributed by atoms with van der Waals surface area (Å²) in [6.07, 6.45) is 2.38. The number of anilines is 2. The number of nitrogens with zero attached hydrogens (tertiary/aromatic N) is 3. The van der Waals surface area contributed by atoms with Crippen molar-refractivity contribution in [2.75, 3.05) is 30.9 Å². The van der Waals surface area contributed by atoms with Gasteiger partial charge in [0.1, 0.15) is 5.69 Å². The number of aromatic nitrogens is 2. The second-order valence-corrected chi connectivity index (χ2v) is 5.33. The van der Waals surface area contributed by atoms with E-state index in [4.69, 9.17) is 5.73 Å².